The molecule has 18 heavy (non-hydrogen) atoms. The molecule has 0 saturated carbocycles. The first kappa shape index (κ1) is 12.9. The van der Waals surface area contributed by atoms with Gasteiger partial charge >= 0.3 is 11.6 Å². The maximum atomic E-state index is 13.7. The van der Waals surface area contributed by atoms with Gasteiger partial charge in [0.15, 0.2) is 6.10 Å². The summed E-state index contributed by atoms with van der Waals surface area (Å²) in [5.41, 5.74) is -1.82. The number of aliphatic hydroxyl groups is 2. The molecule has 0 radical (unpaired) electrons. The molecule has 0 aliphatic carbocycles. The topological polar surface area (TPSA) is 105 Å². The van der Waals surface area contributed by atoms with Gasteiger partial charge in [0, 0.05) is 12.3 Å². The fraction of sp³-hybridized carbons (Fsp3) is 0.556. The summed E-state index contributed by atoms with van der Waals surface area (Å²) in [6.45, 7) is -0.814. The summed E-state index contributed by atoms with van der Waals surface area (Å²) < 4.78 is 32.5. The molecular formula is C9H10F2N2O5. The van der Waals surface area contributed by atoms with Crippen LogP contribution in [0.25, 0.3) is 0 Å². The number of H-pyrrole nitrogens is 1. The minimum Gasteiger partial charge on any atom is -0.394 e. The fourth-order valence-corrected chi connectivity index (χ4v) is 1.73. The lowest BCUT2D eigenvalue weighted by Crippen LogP contribution is -2.42. The molecule has 7 nitrogen and oxygen atoms in total. The van der Waals surface area contributed by atoms with Gasteiger partial charge in [-0.2, -0.15) is 8.78 Å². The van der Waals surface area contributed by atoms with E-state index in [0.29, 0.717) is 4.57 Å². The van der Waals surface area contributed by atoms with Crippen LogP contribution >= 0.6 is 0 Å². The van der Waals surface area contributed by atoms with E-state index in [-0.39, 0.29) is 0 Å². The largest absolute Gasteiger partial charge is 0.394 e. The van der Waals surface area contributed by atoms with Crippen molar-refractivity contribution in [2.24, 2.45) is 0 Å². The van der Waals surface area contributed by atoms with E-state index in [1.54, 1.807) is 4.98 Å². The van der Waals surface area contributed by atoms with E-state index in [9.17, 15) is 23.5 Å². The second-order valence-electron chi connectivity index (χ2n) is 3.85. The molecule has 1 fully saturated rings. The van der Waals surface area contributed by atoms with E-state index in [1.807, 2.05) is 0 Å². The number of hydrogen-bond donors (Lipinski definition) is 3. The number of nitrogens with zero attached hydrogens (tertiary/aromatic N) is 1. The summed E-state index contributed by atoms with van der Waals surface area (Å²) in [5, 5.41) is 18.1. The maximum Gasteiger partial charge on any atom is 0.330 e. The Labute approximate surface area is 98.3 Å². The van der Waals surface area contributed by atoms with Gasteiger partial charge in [-0.3, -0.25) is 14.3 Å². The Morgan fingerprint density at radius 2 is 2.17 bits per heavy atom. The Morgan fingerprint density at radius 3 is 2.67 bits per heavy atom. The molecule has 1 aliphatic rings. The van der Waals surface area contributed by atoms with Crippen molar-refractivity contribution in [3.63, 3.8) is 0 Å². The van der Waals surface area contributed by atoms with Gasteiger partial charge in [0.25, 0.3) is 5.56 Å². The highest BCUT2D eigenvalue weighted by atomic mass is 19.3. The molecule has 100 valence electrons. The molecule has 0 unspecified atom stereocenters. The lowest BCUT2D eigenvalue weighted by atomic mass is 10.1. The van der Waals surface area contributed by atoms with E-state index >= 15 is 0 Å². The van der Waals surface area contributed by atoms with Crippen LogP contribution in [0.5, 0.6) is 0 Å². The number of nitrogens with one attached hydrogen (secondary N) is 1. The van der Waals surface area contributed by atoms with Gasteiger partial charge in [-0.25, -0.2) is 4.79 Å². The summed E-state index contributed by atoms with van der Waals surface area (Å²) in [7, 11) is 0. The minimum atomic E-state index is -3.75. The molecule has 3 atom stereocenters. The Kier molecular flexibility index (Phi) is 3.05. The summed E-state index contributed by atoms with van der Waals surface area (Å²) in [4.78, 5) is 24.0. The lowest BCUT2D eigenvalue weighted by molar-refractivity contribution is -0.141. The summed E-state index contributed by atoms with van der Waals surface area (Å²) >= 11 is 0. The second-order valence-corrected chi connectivity index (χ2v) is 3.85. The van der Waals surface area contributed by atoms with E-state index in [0.717, 1.165) is 12.3 Å². The number of aromatic amines is 1. The number of halogens is 2. The summed E-state index contributed by atoms with van der Waals surface area (Å²) in [6.07, 6.45) is -4.96. The number of hydrogen-bond acceptors (Lipinski definition) is 5. The first-order valence-electron chi connectivity index (χ1n) is 5.01. The minimum absolute atomic E-state index is 0.459. The van der Waals surface area contributed by atoms with Gasteiger partial charge in [-0.1, -0.05) is 0 Å². The third-order valence-electron chi connectivity index (χ3n) is 2.66. The van der Waals surface area contributed by atoms with Gasteiger partial charge in [0.05, 0.1) is 6.61 Å². The second kappa shape index (κ2) is 4.26. The molecule has 1 saturated heterocycles. The SMILES string of the molecule is O=c1ccn([C@H]2O[C@H](CO)[C@@H](O)C2(F)F)c(=O)[nH]1. The normalized spacial score (nSPS) is 30.6. The average Bonchev–Trinajstić information content (AvgIpc) is 2.52. The number of rotatable bonds is 2. The molecule has 3 N–H and O–H groups in total. The number of aliphatic hydroxyl groups excluding tert-OH is 2. The highest BCUT2D eigenvalue weighted by Crippen LogP contribution is 2.41. The van der Waals surface area contributed by atoms with Crippen molar-refractivity contribution in [3.05, 3.63) is 33.1 Å². The third-order valence-corrected chi connectivity index (χ3v) is 2.66. The van der Waals surface area contributed by atoms with Gasteiger partial charge in [0.2, 0.25) is 6.23 Å². The van der Waals surface area contributed by atoms with Crippen LogP contribution in [-0.2, 0) is 4.74 Å². The van der Waals surface area contributed by atoms with Crippen LogP contribution in [0.2, 0.25) is 0 Å². The predicted molar refractivity (Wildman–Crippen MR) is 53.3 cm³/mol. The van der Waals surface area contributed by atoms with Crippen LogP contribution in [0, 0.1) is 0 Å². The molecule has 1 aromatic heterocycles. The fourth-order valence-electron chi connectivity index (χ4n) is 1.73. The highest BCUT2D eigenvalue weighted by molar-refractivity contribution is 4.97. The molecule has 1 aliphatic heterocycles. The van der Waals surface area contributed by atoms with Crippen molar-refractivity contribution in [1.29, 1.82) is 0 Å². The first-order valence-corrected chi connectivity index (χ1v) is 5.01. The van der Waals surface area contributed by atoms with Crippen molar-refractivity contribution in [2.45, 2.75) is 24.4 Å². The monoisotopic (exact) mass is 264 g/mol. The standard InChI is InChI=1S/C9H10F2N2O5/c10-9(11)6(16)4(3-14)18-7(9)13-2-1-5(15)12-8(13)17/h1-2,4,6-7,14,16H,3H2,(H,12,15,17)/t4-,6-,7+/m1/s1. The Bertz CT molecular complexity index is 554. The predicted octanol–water partition coefficient (Wildman–Crippen LogP) is -1.58. The van der Waals surface area contributed by atoms with Crippen molar-refractivity contribution < 1.29 is 23.7 Å². The molecule has 0 aromatic carbocycles. The van der Waals surface area contributed by atoms with Crippen LogP contribution in [-0.4, -0.2) is 44.5 Å². The van der Waals surface area contributed by atoms with Crippen molar-refractivity contribution in [3.8, 4) is 0 Å². The Hall–Kier alpha value is -1.58. The molecule has 0 bridgehead atoms. The summed E-state index contributed by atoms with van der Waals surface area (Å²) in [5.74, 6) is -3.75. The van der Waals surface area contributed by atoms with Crippen molar-refractivity contribution in [1.82, 2.24) is 9.55 Å². The smallest absolute Gasteiger partial charge is 0.330 e. The van der Waals surface area contributed by atoms with Crippen LogP contribution < -0.4 is 11.2 Å². The van der Waals surface area contributed by atoms with Gasteiger partial charge in [-0.15, -0.1) is 0 Å². The quantitative estimate of drug-likeness (QED) is 0.598. The number of aromatic nitrogens is 2. The zero-order chi connectivity index (χ0) is 13.5. The number of ether oxygens (including phenoxy) is 1. The molecule has 0 spiro atoms. The van der Waals surface area contributed by atoms with Gasteiger partial charge < -0.3 is 14.9 Å². The van der Waals surface area contributed by atoms with Crippen LogP contribution in [0.1, 0.15) is 6.23 Å². The van der Waals surface area contributed by atoms with E-state index in [4.69, 9.17) is 9.84 Å². The van der Waals surface area contributed by atoms with Crippen molar-refractivity contribution in [2.75, 3.05) is 6.61 Å². The maximum absolute atomic E-state index is 13.7. The zero-order valence-electron chi connectivity index (χ0n) is 8.92. The van der Waals surface area contributed by atoms with Crippen molar-refractivity contribution >= 4 is 0 Å². The van der Waals surface area contributed by atoms with Crippen LogP contribution in [0.4, 0.5) is 8.78 Å². The van der Waals surface area contributed by atoms with Crippen LogP contribution in [0.3, 0.4) is 0 Å². The van der Waals surface area contributed by atoms with Gasteiger partial charge in [-0.05, 0) is 0 Å². The molecule has 1 aromatic rings. The number of alkyl halides is 2. The molecular weight excluding hydrogens is 254 g/mol. The van der Waals surface area contributed by atoms with E-state index in [1.165, 1.54) is 0 Å². The van der Waals surface area contributed by atoms with Gasteiger partial charge in [0.1, 0.15) is 6.10 Å². The Morgan fingerprint density at radius 1 is 1.50 bits per heavy atom. The molecule has 9 heteroatoms. The van der Waals surface area contributed by atoms with E-state index < -0.39 is 42.2 Å². The van der Waals surface area contributed by atoms with Crippen LogP contribution in [0.15, 0.2) is 21.9 Å². The molecule has 2 heterocycles. The molecule has 0 amide bonds. The van der Waals surface area contributed by atoms with E-state index in [2.05, 4.69) is 0 Å². The Balaban J connectivity index is 2.45. The third kappa shape index (κ3) is 1.85. The lowest BCUT2D eigenvalue weighted by Gasteiger charge is -2.20. The zero-order valence-corrected chi connectivity index (χ0v) is 8.92. The molecule has 2 rings (SSSR count). The highest BCUT2D eigenvalue weighted by Gasteiger charge is 2.59. The first-order chi connectivity index (χ1) is 8.37. The summed E-state index contributed by atoms with van der Waals surface area (Å²) in [6, 6.07) is 0.874. The average molecular weight is 264 g/mol.